The number of nitrogens with zero attached hydrogens (tertiary/aromatic N) is 2. The van der Waals surface area contributed by atoms with Crippen molar-refractivity contribution < 1.29 is 13.2 Å². The van der Waals surface area contributed by atoms with Crippen LogP contribution in [0.1, 0.15) is 36.2 Å². The second-order valence-corrected chi connectivity index (χ2v) is 9.45. The summed E-state index contributed by atoms with van der Waals surface area (Å²) in [6.07, 6.45) is 2.64. The van der Waals surface area contributed by atoms with Crippen molar-refractivity contribution in [3.8, 4) is 0 Å². The third-order valence-electron chi connectivity index (χ3n) is 5.18. The first-order valence-corrected chi connectivity index (χ1v) is 10.1. The number of carbonyl (C=O) groups is 1. The van der Waals surface area contributed by atoms with Crippen LogP contribution in [0.3, 0.4) is 0 Å². The Morgan fingerprint density at radius 3 is 2.62 bits per heavy atom. The molecule has 1 amide bonds. The number of likely N-dealkylation sites (tertiary alicyclic amines) is 1. The van der Waals surface area contributed by atoms with Gasteiger partial charge in [0.2, 0.25) is 10.0 Å². The Balaban J connectivity index is 1.83. The van der Waals surface area contributed by atoms with Gasteiger partial charge in [-0.2, -0.15) is 0 Å². The van der Waals surface area contributed by atoms with Crippen LogP contribution < -0.4 is 10.0 Å². The zero-order valence-electron chi connectivity index (χ0n) is 14.4. The lowest BCUT2D eigenvalue weighted by molar-refractivity contribution is 0.0533. The molecule has 1 unspecified atom stereocenters. The van der Waals surface area contributed by atoms with E-state index in [9.17, 15) is 13.2 Å². The fourth-order valence-electron chi connectivity index (χ4n) is 3.58. The highest BCUT2D eigenvalue weighted by Gasteiger charge is 2.36. The van der Waals surface area contributed by atoms with Crippen molar-refractivity contribution >= 4 is 21.6 Å². The minimum Gasteiger partial charge on any atom is -0.338 e. The zero-order valence-corrected chi connectivity index (χ0v) is 15.3. The fourth-order valence-corrected chi connectivity index (χ4v) is 4.54. The van der Waals surface area contributed by atoms with Crippen LogP contribution in [0.2, 0.25) is 0 Å². The van der Waals surface area contributed by atoms with Crippen LogP contribution in [0.4, 0.5) is 5.69 Å². The van der Waals surface area contributed by atoms with E-state index in [4.69, 9.17) is 5.73 Å². The highest BCUT2D eigenvalue weighted by molar-refractivity contribution is 7.92. The van der Waals surface area contributed by atoms with Crippen molar-refractivity contribution in [3.63, 3.8) is 0 Å². The smallest absolute Gasteiger partial charge is 0.253 e. The molecule has 0 bridgehead atoms. The molecule has 2 aliphatic rings. The van der Waals surface area contributed by atoms with E-state index in [1.807, 2.05) is 11.0 Å². The standard InChI is InChI=1S/C17H25N3O3S/c1-17(2)11-19(8-7-15(17)18)16(21)13-4-5-14-12(10-13)6-9-20(14)24(3,22)23/h4-5,10,15H,6-9,11,18H2,1-3H3. The molecule has 7 heteroatoms. The second-order valence-electron chi connectivity index (χ2n) is 7.54. The highest BCUT2D eigenvalue weighted by atomic mass is 32.2. The number of benzene rings is 1. The van der Waals surface area contributed by atoms with Crippen molar-refractivity contribution in [2.24, 2.45) is 11.1 Å². The summed E-state index contributed by atoms with van der Waals surface area (Å²) >= 11 is 0. The second kappa shape index (κ2) is 5.74. The highest BCUT2D eigenvalue weighted by Crippen LogP contribution is 2.32. The molecule has 2 heterocycles. The molecule has 1 atom stereocenters. The Bertz CT molecular complexity index is 773. The van der Waals surface area contributed by atoms with E-state index in [0.717, 1.165) is 12.0 Å². The van der Waals surface area contributed by atoms with Crippen molar-refractivity contribution in [1.29, 1.82) is 0 Å². The first-order chi connectivity index (χ1) is 11.1. The van der Waals surface area contributed by atoms with Crippen LogP contribution in [0, 0.1) is 5.41 Å². The van der Waals surface area contributed by atoms with Crippen LogP contribution in [0.5, 0.6) is 0 Å². The molecule has 0 spiro atoms. The fraction of sp³-hybridized carbons (Fsp3) is 0.588. The van der Waals surface area contributed by atoms with Gasteiger partial charge in [-0.1, -0.05) is 13.8 Å². The Hall–Kier alpha value is -1.60. The maximum Gasteiger partial charge on any atom is 0.253 e. The van der Waals surface area contributed by atoms with Gasteiger partial charge in [0.05, 0.1) is 11.9 Å². The van der Waals surface area contributed by atoms with Gasteiger partial charge in [-0.25, -0.2) is 8.42 Å². The molecule has 1 aromatic carbocycles. The lowest BCUT2D eigenvalue weighted by atomic mass is 9.79. The van der Waals surface area contributed by atoms with Crippen LogP contribution in [-0.2, 0) is 16.4 Å². The molecule has 1 saturated heterocycles. The maximum absolute atomic E-state index is 12.8. The van der Waals surface area contributed by atoms with E-state index in [1.165, 1.54) is 10.6 Å². The third kappa shape index (κ3) is 3.02. The maximum atomic E-state index is 12.8. The summed E-state index contributed by atoms with van der Waals surface area (Å²) in [5, 5.41) is 0. The van der Waals surface area contributed by atoms with Crippen molar-refractivity contribution in [1.82, 2.24) is 4.90 Å². The summed E-state index contributed by atoms with van der Waals surface area (Å²) in [4.78, 5) is 14.7. The van der Waals surface area contributed by atoms with Crippen molar-refractivity contribution in [3.05, 3.63) is 29.3 Å². The number of piperidine rings is 1. The molecule has 24 heavy (non-hydrogen) atoms. The predicted octanol–water partition coefficient (Wildman–Crippen LogP) is 1.21. The topological polar surface area (TPSA) is 83.7 Å². The molecule has 1 aromatic rings. The Labute approximate surface area is 143 Å². The lowest BCUT2D eigenvalue weighted by Gasteiger charge is -2.42. The van der Waals surface area contributed by atoms with Gasteiger partial charge in [0, 0.05) is 31.2 Å². The SMILES string of the molecule is CC1(C)CN(C(=O)c2ccc3c(c2)CCN3S(C)(=O)=O)CCC1N. The minimum atomic E-state index is -3.27. The summed E-state index contributed by atoms with van der Waals surface area (Å²) in [6.45, 7) is 5.92. The molecule has 0 radical (unpaired) electrons. The van der Waals surface area contributed by atoms with Gasteiger partial charge in [0.25, 0.3) is 5.91 Å². The van der Waals surface area contributed by atoms with E-state index in [2.05, 4.69) is 13.8 Å². The molecule has 2 N–H and O–H groups in total. The number of sulfonamides is 1. The van der Waals surface area contributed by atoms with Crippen LogP contribution in [-0.4, -0.2) is 51.2 Å². The Kier molecular flexibility index (Phi) is 4.12. The molecular weight excluding hydrogens is 326 g/mol. The number of rotatable bonds is 2. The van der Waals surface area contributed by atoms with E-state index >= 15 is 0 Å². The van der Waals surface area contributed by atoms with Gasteiger partial charge in [-0.3, -0.25) is 9.10 Å². The third-order valence-corrected chi connectivity index (χ3v) is 6.36. The van der Waals surface area contributed by atoms with E-state index in [-0.39, 0.29) is 17.4 Å². The molecule has 0 saturated carbocycles. The molecule has 3 rings (SSSR count). The van der Waals surface area contributed by atoms with Crippen molar-refractivity contribution in [2.75, 3.05) is 30.2 Å². The molecule has 1 fully saturated rings. The van der Waals surface area contributed by atoms with Crippen molar-refractivity contribution in [2.45, 2.75) is 32.7 Å². The molecule has 0 aromatic heterocycles. The minimum absolute atomic E-state index is 0.00409. The molecule has 2 aliphatic heterocycles. The van der Waals surface area contributed by atoms with E-state index < -0.39 is 10.0 Å². The van der Waals surface area contributed by atoms with E-state index in [0.29, 0.717) is 37.3 Å². The summed E-state index contributed by atoms with van der Waals surface area (Å²) in [7, 11) is -3.27. The van der Waals surface area contributed by atoms with Crippen LogP contribution >= 0.6 is 0 Å². The number of nitrogens with two attached hydrogens (primary N) is 1. The molecule has 0 aliphatic carbocycles. The van der Waals surface area contributed by atoms with Gasteiger partial charge >= 0.3 is 0 Å². The van der Waals surface area contributed by atoms with Gasteiger partial charge in [0.1, 0.15) is 0 Å². The van der Waals surface area contributed by atoms with Gasteiger partial charge < -0.3 is 10.6 Å². The average Bonchev–Trinajstić information content (AvgIpc) is 2.92. The Morgan fingerprint density at radius 2 is 2.00 bits per heavy atom. The quantitative estimate of drug-likeness (QED) is 0.868. The van der Waals surface area contributed by atoms with Gasteiger partial charge in [-0.15, -0.1) is 0 Å². The number of fused-ring (bicyclic) bond motifs is 1. The lowest BCUT2D eigenvalue weighted by Crippen LogP contribution is -2.54. The Morgan fingerprint density at radius 1 is 1.29 bits per heavy atom. The van der Waals surface area contributed by atoms with Gasteiger partial charge in [0.15, 0.2) is 0 Å². The molecule has 6 nitrogen and oxygen atoms in total. The summed E-state index contributed by atoms with van der Waals surface area (Å²) < 4.78 is 25.0. The molecular formula is C17H25N3O3S. The number of hydrogen-bond donors (Lipinski definition) is 1. The zero-order chi connectivity index (χ0) is 17.7. The van der Waals surface area contributed by atoms with Crippen LogP contribution in [0.25, 0.3) is 0 Å². The summed E-state index contributed by atoms with van der Waals surface area (Å²) in [5.74, 6) is -0.00409. The normalized spacial score (nSPS) is 23.2. The monoisotopic (exact) mass is 351 g/mol. The summed E-state index contributed by atoms with van der Waals surface area (Å²) in [6, 6.07) is 5.42. The largest absolute Gasteiger partial charge is 0.338 e. The first kappa shape index (κ1) is 17.2. The number of amides is 1. The summed E-state index contributed by atoms with van der Waals surface area (Å²) in [5.41, 5.74) is 8.27. The van der Waals surface area contributed by atoms with Gasteiger partial charge in [-0.05, 0) is 42.0 Å². The molecule has 132 valence electrons. The first-order valence-electron chi connectivity index (χ1n) is 8.25. The van der Waals surface area contributed by atoms with E-state index in [1.54, 1.807) is 12.1 Å². The number of carbonyl (C=O) groups excluding carboxylic acids is 1. The number of anilines is 1. The number of hydrogen-bond acceptors (Lipinski definition) is 4. The van der Waals surface area contributed by atoms with Crippen LogP contribution in [0.15, 0.2) is 18.2 Å². The predicted molar refractivity (Wildman–Crippen MR) is 94.6 cm³/mol. The average molecular weight is 351 g/mol.